The van der Waals surface area contributed by atoms with Gasteiger partial charge in [0.1, 0.15) is 5.25 Å². The molecule has 20 heavy (non-hydrogen) atoms. The fourth-order valence-electron chi connectivity index (χ4n) is 2.21. The van der Waals surface area contributed by atoms with Crippen LogP contribution in [0.25, 0.3) is 0 Å². The number of rotatable bonds is 4. The molecule has 1 aromatic carbocycles. The summed E-state index contributed by atoms with van der Waals surface area (Å²) in [5, 5.41) is 9.99. The Kier molecular flexibility index (Phi) is 4.08. The molecule has 0 fully saturated rings. The summed E-state index contributed by atoms with van der Waals surface area (Å²) in [5.41, 5.74) is 1.50. The van der Waals surface area contributed by atoms with Crippen molar-refractivity contribution >= 4 is 27.4 Å². The van der Waals surface area contributed by atoms with E-state index in [0.717, 1.165) is 5.56 Å². The third-order valence-electron chi connectivity index (χ3n) is 3.28. The van der Waals surface area contributed by atoms with Gasteiger partial charge in [0.05, 0.1) is 12.2 Å². The van der Waals surface area contributed by atoms with E-state index in [1.54, 1.807) is 12.1 Å². The van der Waals surface area contributed by atoms with E-state index in [1.807, 2.05) is 12.1 Å². The van der Waals surface area contributed by atoms with Crippen molar-refractivity contribution in [1.29, 1.82) is 0 Å². The SMILES string of the molecule is O=C(O)CCS(=O)(=O)C1CCc2ccccc2NC1=O. The zero-order valence-corrected chi connectivity index (χ0v) is 11.5. The molecule has 0 aromatic heterocycles. The summed E-state index contributed by atoms with van der Waals surface area (Å²) in [5.74, 6) is -2.29. The highest BCUT2D eigenvalue weighted by molar-refractivity contribution is 7.92. The number of carboxylic acids is 1. The molecule has 0 saturated heterocycles. The van der Waals surface area contributed by atoms with Crippen molar-refractivity contribution in [3.8, 4) is 0 Å². The van der Waals surface area contributed by atoms with Gasteiger partial charge in [-0.2, -0.15) is 0 Å². The second-order valence-corrected chi connectivity index (χ2v) is 6.99. The first-order chi connectivity index (χ1) is 9.40. The maximum atomic E-state index is 12.1. The van der Waals surface area contributed by atoms with Crippen LogP contribution >= 0.6 is 0 Å². The van der Waals surface area contributed by atoms with Crippen molar-refractivity contribution < 1.29 is 23.1 Å². The number of carboxylic acid groups (broad SMARTS) is 1. The number of sulfone groups is 1. The lowest BCUT2D eigenvalue weighted by Gasteiger charge is -2.13. The maximum absolute atomic E-state index is 12.1. The van der Waals surface area contributed by atoms with Gasteiger partial charge in [-0.1, -0.05) is 18.2 Å². The highest BCUT2D eigenvalue weighted by Gasteiger charge is 2.34. The number of carbonyl (C=O) groups excluding carboxylic acids is 1. The van der Waals surface area contributed by atoms with Gasteiger partial charge in [0.2, 0.25) is 5.91 Å². The Morgan fingerprint density at radius 3 is 2.75 bits per heavy atom. The van der Waals surface area contributed by atoms with E-state index in [9.17, 15) is 18.0 Å². The minimum Gasteiger partial charge on any atom is -0.481 e. The molecule has 1 amide bonds. The fourth-order valence-corrected chi connectivity index (χ4v) is 3.81. The molecule has 1 aliphatic rings. The van der Waals surface area contributed by atoms with Crippen molar-refractivity contribution in [1.82, 2.24) is 0 Å². The van der Waals surface area contributed by atoms with Gasteiger partial charge in [-0.15, -0.1) is 0 Å². The number of fused-ring (bicyclic) bond motifs is 1. The number of aryl methyl sites for hydroxylation is 1. The van der Waals surface area contributed by atoms with Crippen LogP contribution in [0.5, 0.6) is 0 Å². The number of nitrogens with one attached hydrogen (secondary N) is 1. The molecule has 1 aliphatic heterocycles. The average molecular weight is 297 g/mol. The van der Waals surface area contributed by atoms with E-state index >= 15 is 0 Å². The Morgan fingerprint density at radius 2 is 2.05 bits per heavy atom. The third-order valence-corrected chi connectivity index (χ3v) is 5.37. The number of aliphatic carboxylic acids is 1. The van der Waals surface area contributed by atoms with Gasteiger partial charge in [-0.25, -0.2) is 8.42 Å². The quantitative estimate of drug-likeness (QED) is 0.857. The first-order valence-electron chi connectivity index (χ1n) is 6.22. The molecule has 0 spiro atoms. The maximum Gasteiger partial charge on any atom is 0.304 e. The van der Waals surface area contributed by atoms with Crippen LogP contribution in [0.2, 0.25) is 0 Å². The second-order valence-electron chi connectivity index (χ2n) is 4.68. The first-order valence-corrected chi connectivity index (χ1v) is 7.94. The van der Waals surface area contributed by atoms with E-state index < -0.39 is 39.1 Å². The molecule has 1 aromatic rings. The summed E-state index contributed by atoms with van der Waals surface area (Å²) in [6, 6.07) is 7.14. The zero-order valence-electron chi connectivity index (χ0n) is 10.7. The molecule has 1 heterocycles. The Bertz CT molecular complexity index is 638. The Hall–Kier alpha value is -1.89. The van der Waals surface area contributed by atoms with Crippen LogP contribution in [0, 0.1) is 0 Å². The molecule has 2 N–H and O–H groups in total. The Morgan fingerprint density at radius 1 is 1.35 bits per heavy atom. The molecular formula is C13H15NO5S. The van der Waals surface area contributed by atoms with Gasteiger partial charge in [0.15, 0.2) is 9.84 Å². The molecule has 0 saturated carbocycles. The summed E-state index contributed by atoms with van der Waals surface area (Å²) in [7, 11) is -3.76. The van der Waals surface area contributed by atoms with Crippen molar-refractivity contribution in [2.45, 2.75) is 24.5 Å². The second kappa shape index (κ2) is 5.62. The molecule has 1 unspecified atom stereocenters. The van der Waals surface area contributed by atoms with E-state index in [1.165, 1.54) is 0 Å². The minimum atomic E-state index is -3.76. The number of hydrogen-bond donors (Lipinski definition) is 2. The van der Waals surface area contributed by atoms with E-state index in [0.29, 0.717) is 12.1 Å². The summed E-state index contributed by atoms with van der Waals surface area (Å²) in [6.45, 7) is 0. The van der Waals surface area contributed by atoms with Gasteiger partial charge in [0.25, 0.3) is 0 Å². The van der Waals surface area contributed by atoms with Crippen LogP contribution in [-0.2, 0) is 25.8 Å². The topological polar surface area (TPSA) is 101 Å². The predicted molar refractivity (Wildman–Crippen MR) is 73.2 cm³/mol. The summed E-state index contributed by atoms with van der Waals surface area (Å²) >= 11 is 0. The van der Waals surface area contributed by atoms with Crippen molar-refractivity contribution in [2.75, 3.05) is 11.1 Å². The predicted octanol–water partition coefficient (Wildman–Crippen LogP) is 0.829. The summed E-state index contributed by atoms with van der Waals surface area (Å²) in [4.78, 5) is 22.5. The van der Waals surface area contributed by atoms with Crippen LogP contribution in [0.3, 0.4) is 0 Å². The lowest BCUT2D eigenvalue weighted by atomic mass is 10.1. The lowest BCUT2D eigenvalue weighted by molar-refractivity contribution is -0.136. The van der Waals surface area contributed by atoms with Gasteiger partial charge < -0.3 is 10.4 Å². The molecule has 6 nitrogen and oxygen atoms in total. The van der Waals surface area contributed by atoms with Crippen molar-refractivity contribution in [2.24, 2.45) is 0 Å². The smallest absolute Gasteiger partial charge is 0.304 e. The Labute approximate surface area is 116 Å². The van der Waals surface area contributed by atoms with Gasteiger partial charge in [-0.3, -0.25) is 9.59 Å². The highest BCUT2D eigenvalue weighted by Crippen LogP contribution is 2.24. The highest BCUT2D eigenvalue weighted by atomic mass is 32.2. The molecule has 108 valence electrons. The van der Waals surface area contributed by atoms with Crippen LogP contribution < -0.4 is 5.32 Å². The van der Waals surface area contributed by atoms with Crippen LogP contribution in [0.1, 0.15) is 18.4 Å². The average Bonchev–Trinajstić information content (AvgIpc) is 2.55. The minimum absolute atomic E-state index is 0.171. The first kappa shape index (κ1) is 14.5. The molecule has 0 bridgehead atoms. The molecule has 1 atom stereocenters. The number of anilines is 1. The van der Waals surface area contributed by atoms with Crippen LogP contribution in [0.15, 0.2) is 24.3 Å². The number of carbonyl (C=O) groups is 2. The zero-order chi connectivity index (χ0) is 14.8. The molecule has 2 rings (SSSR count). The molecule has 0 aliphatic carbocycles. The lowest BCUT2D eigenvalue weighted by Crippen LogP contribution is -2.36. The number of benzene rings is 1. The summed E-state index contributed by atoms with van der Waals surface area (Å²) in [6.07, 6.45) is 0.149. The number of amides is 1. The van der Waals surface area contributed by atoms with E-state index in [-0.39, 0.29) is 6.42 Å². The van der Waals surface area contributed by atoms with Gasteiger partial charge in [0, 0.05) is 5.69 Å². The Balaban J connectivity index is 2.19. The van der Waals surface area contributed by atoms with E-state index in [2.05, 4.69) is 5.32 Å². The molecule has 7 heteroatoms. The molecular weight excluding hydrogens is 282 g/mol. The summed E-state index contributed by atoms with van der Waals surface area (Å²) < 4.78 is 24.2. The van der Waals surface area contributed by atoms with Crippen molar-refractivity contribution in [3.63, 3.8) is 0 Å². The third kappa shape index (κ3) is 3.16. The monoisotopic (exact) mass is 297 g/mol. The van der Waals surface area contributed by atoms with Gasteiger partial charge in [-0.05, 0) is 24.5 Å². The normalized spacial score (nSPS) is 18.8. The molecule has 0 radical (unpaired) electrons. The van der Waals surface area contributed by atoms with Crippen LogP contribution in [-0.4, -0.2) is 36.4 Å². The van der Waals surface area contributed by atoms with Crippen molar-refractivity contribution in [3.05, 3.63) is 29.8 Å². The number of hydrogen-bond acceptors (Lipinski definition) is 4. The van der Waals surface area contributed by atoms with Gasteiger partial charge >= 0.3 is 5.97 Å². The fraction of sp³-hybridized carbons (Fsp3) is 0.385. The van der Waals surface area contributed by atoms with E-state index in [4.69, 9.17) is 5.11 Å². The van der Waals surface area contributed by atoms with Crippen LogP contribution in [0.4, 0.5) is 5.69 Å². The number of para-hydroxylation sites is 1. The largest absolute Gasteiger partial charge is 0.481 e. The standard InChI is InChI=1S/C13H15NO5S/c15-12(16)7-8-20(18,19)11-6-5-9-3-1-2-4-10(9)14-13(11)17/h1-4,11H,5-8H2,(H,14,17)(H,15,16).